The Morgan fingerprint density at radius 3 is 2.70 bits per heavy atom. The molecule has 4 rings (SSSR count). The number of nitrogens with one attached hydrogen (secondary N) is 1. The van der Waals surface area contributed by atoms with Gasteiger partial charge >= 0.3 is 0 Å². The van der Waals surface area contributed by atoms with Crippen molar-refractivity contribution < 1.29 is 4.79 Å². The second-order valence-electron chi connectivity index (χ2n) is 6.31. The number of benzene rings is 1. The number of hydrogen-bond acceptors (Lipinski definition) is 5. The molecule has 1 amide bonds. The lowest BCUT2D eigenvalue weighted by Crippen LogP contribution is -2.13. The Morgan fingerprint density at radius 1 is 1.07 bits per heavy atom. The van der Waals surface area contributed by atoms with Crippen LogP contribution in [-0.4, -0.2) is 30.9 Å². The maximum absolute atomic E-state index is 12.2. The zero-order chi connectivity index (χ0) is 18.6. The summed E-state index contributed by atoms with van der Waals surface area (Å²) < 4.78 is 1.76. The highest BCUT2D eigenvalue weighted by atomic mass is 16.1. The van der Waals surface area contributed by atoms with Crippen LogP contribution in [0.15, 0.2) is 61.2 Å². The first-order valence-corrected chi connectivity index (χ1v) is 8.63. The summed E-state index contributed by atoms with van der Waals surface area (Å²) in [5, 5.41) is 16.2. The Morgan fingerprint density at radius 2 is 1.93 bits per heavy atom. The van der Waals surface area contributed by atoms with Crippen LogP contribution in [0.1, 0.15) is 12.0 Å². The smallest absolute Gasteiger partial charge is 0.225 e. The van der Waals surface area contributed by atoms with Crippen LogP contribution in [0.4, 0.5) is 5.82 Å². The Balaban J connectivity index is 1.49. The number of aryl methyl sites for hydroxylation is 2. The Hall–Kier alpha value is -3.61. The van der Waals surface area contributed by atoms with Crippen LogP contribution in [0.2, 0.25) is 0 Å². The third kappa shape index (κ3) is 3.98. The van der Waals surface area contributed by atoms with Crippen LogP contribution in [0.3, 0.4) is 0 Å². The van der Waals surface area contributed by atoms with Crippen LogP contribution in [0, 0.1) is 0 Å². The molecule has 1 N–H and O–H groups in total. The van der Waals surface area contributed by atoms with E-state index in [1.54, 1.807) is 17.1 Å². The molecule has 0 bridgehead atoms. The molecule has 0 atom stereocenters. The van der Waals surface area contributed by atoms with E-state index in [4.69, 9.17) is 0 Å². The van der Waals surface area contributed by atoms with Crippen LogP contribution in [-0.2, 0) is 18.3 Å². The van der Waals surface area contributed by atoms with Gasteiger partial charge in [-0.1, -0.05) is 6.07 Å². The zero-order valence-electron chi connectivity index (χ0n) is 14.8. The van der Waals surface area contributed by atoms with Gasteiger partial charge in [0.05, 0.1) is 11.7 Å². The summed E-state index contributed by atoms with van der Waals surface area (Å²) in [6.45, 7) is 0. The summed E-state index contributed by atoms with van der Waals surface area (Å²) in [6, 6.07) is 11.6. The fraction of sp³-hybridized carbons (Fsp3) is 0.150. The van der Waals surface area contributed by atoms with E-state index >= 15 is 0 Å². The van der Waals surface area contributed by atoms with E-state index in [9.17, 15) is 4.79 Å². The second kappa shape index (κ2) is 7.33. The molecule has 3 heterocycles. The molecule has 0 aliphatic rings. The van der Waals surface area contributed by atoms with Gasteiger partial charge in [0, 0.05) is 43.0 Å². The van der Waals surface area contributed by atoms with Gasteiger partial charge in [-0.15, -0.1) is 10.2 Å². The quantitative estimate of drug-likeness (QED) is 0.593. The SMILES string of the molecule is Cn1cc(-c2ccc3nnc(NC(=O)CCc4ccncc4)cc3c2)cn1. The van der Waals surface area contributed by atoms with E-state index in [1.165, 1.54) is 0 Å². The number of hydrogen-bond donors (Lipinski definition) is 1. The molecule has 1 aromatic carbocycles. The predicted molar refractivity (Wildman–Crippen MR) is 103 cm³/mol. The summed E-state index contributed by atoms with van der Waals surface area (Å²) in [5.41, 5.74) is 3.92. The van der Waals surface area contributed by atoms with E-state index < -0.39 is 0 Å². The molecule has 0 saturated carbocycles. The molecular weight excluding hydrogens is 340 g/mol. The maximum atomic E-state index is 12.2. The van der Waals surface area contributed by atoms with Gasteiger partial charge in [0.1, 0.15) is 0 Å². The summed E-state index contributed by atoms with van der Waals surface area (Å²) in [6.07, 6.45) is 8.25. The van der Waals surface area contributed by atoms with Crippen molar-refractivity contribution in [3.63, 3.8) is 0 Å². The van der Waals surface area contributed by atoms with E-state index in [0.29, 0.717) is 18.7 Å². The fourth-order valence-corrected chi connectivity index (χ4v) is 2.87. The minimum Gasteiger partial charge on any atom is -0.309 e. The van der Waals surface area contributed by atoms with E-state index in [2.05, 4.69) is 25.6 Å². The minimum atomic E-state index is -0.0936. The number of carbonyl (C=O) groups excluding carboxylic acids is 1. The number of anilines is 1. The van der Waals surface area contributed by atoms with Crippen molar-refractivity contribution in [2.24, 2.45) is 7.05 Å². The average molecular weight is 358 g/mol. The second-order valence-corrected chi connectivity index (χ2v) is 6.31. The van der Waals surface area contributed by atoms with Crippen molar-refractivity contribution in [1.82, 2.24) is 25.0 Å². The van der Waals surface area contributed by atoms with Crippen LogP contribution in [0.5, 0.6) is 0 Å². The molecule has 134 valence electrons. The molecule has 0 fully saturated rings. The van der Waals surface area contributed by atoms with Gasteiger partial charge < -0.3 is 5.32 Å². The number of nitrogens with zero attached hydrogens (tertiary/aromatic N) is 5. The lowest BCUT2D eigenvalue weighted by molar-refractivity contribution is -0.116. The average Bonchev–Trinajstić information content (AvgIpc) is 3.13. The highest BCUT2D eigenvalue weighted by Gasteiger charge is 2.08. The van der Waals surface area contributed by atoms with E-state index in [0.717, 1.165) is 27.6 Å². The molecule has 0 unspecified atom stereocenters. The topological polar surface area (TPSA) is 85.6 Å². The fourth-order valence-electron chi connectivity index (χ4n) is 2.87. The number of fused-ring (bicyclic) bond motifs is 1. The molecule has 0 aliphatic heterocycles. The van der Waals surface area contributed by atoms with Crippen molar-refractivity contribution in [3.05, 3.63) is 66.7 Å². The molecular formula is C20H18N6O. The molecule has 0 aliphatic carbocycles. The van der Waals surface area contributed by atoms with Gasteiger partial charge in [0.15, 0.2) is 5.82 Å². The van der Waals surface area contributed by atoms with Gasteiger partial charge in [-0.3, -0.25) is 14.5 Å². The van der Waals surface area contributed by atoms with Gasteiger partial charge in [-0.25, -0.2) is 0 Å². The Kier molecular flexibility index (Phi) is 4.57. The van der Waals surface area contributed by atoms with Crippen LogP contribution in [0.25, 0.3) is 22.0 Å². The molecule has 27 heavy (non-hydrogen) atoms. The minimum absolute atomic E-state index is 0.0936. The van der Waals surface area contributed by atoms with E-state index in [1.807, 2.05) is 55.8 Å². The van der Waals surface area contributed by atoms with Crippen LogP contribution >= 0.6 is 0 Å². The van der Waals surface area contributed by atoms with Gasteiger partial charge in [0.2, 0.25) is 5.91 Å². The first-order valence-electron chi connectivity index (χ1n) is 8.63. The monoisotopic (exact) mass is 358 g/mol. The zero-order valence-corrected chi connectivity index (χ0v) is 14.8. The van der Waals surface area contributed by atoms with Crippen molar-refractivity contribution in [2.45, 2.75) is 12.8 Å². The number of amides is 1. The largest absolute Gasteiger partial charge is 0.309 e. The van der Waals surface area contributed by atoms with Gasteiger partial charge in [0.25, 0.3) is 0 Å². The standard InChI is InChI=1S/C20H18N6O/c1-26-13-17(12-22-26)15-3-4-18-16(10-15)11-19(25-24-18)23-20(27)5-2-14-6-8-21-9-7-14/h3-4,6-13H,2,5H2,1H3,(H,23,25,27). The number of carbonyl (C=O) groups is 1. The summed E-state index contributed by atoms with van der Waals surface area (Å²) >= 11 is 0. The highest BCUT2D eigenvalue weighted by Crippen LogP contribution is 2.24. The molecule has 0 spiro atoms. The molecule has 0 saturated heterocycles. The highest BCUT2D eigenvalue weighted by molar-refractivity contribution is 5.92. The summed E-state index contributed by atoms with van der Waals surface area (Å²) in [5.74, 6) is 0.356. The van der Waals surface area contributed by atoms with Crippen molar-refractivity contribution in [2.75, 3.05) is 5.32 Å². The summed E-state index contributed by atoms with van der Waals surface area (Å²) in [4.78, 5) is 16.2. The third-order valence-electron chi connectivity index (χ3n) is 4.28. The molecule has 4 aromatic rings. The van der Waals surface area contributed by atoms with Gasteiger partial charge in [-0.2, -0.15) is 5.10 Å². The predicted octanol–water partition coefficient (Wildman–Crippen LogP) is 3.00. The first-order chi connectivity index (χ1) is 13.2. The Labute approximate surface area is 156 Å². The first kappa shape index (κ1) is 16.8. The van der Waals surface area contributed by atoms with Crippen molar-refractivity contribution in [3.8, 4) is 11.1 Å². The Bertz CT molecular complexity index is 1090. The van der Waals surface area contributed by atoms with Gasteiger partial charge in [-0.05, 0) is 47.9 Å². The van der Waals surface area contributed by atoms with Crippen molar-refractivity contribution >= 4 is 22.6 Å². The van der Waals surface area contributed by atoms with E-state index in [-0.39, 0.29) is 5.91 Å². The molecule has 7 heteroatoms. The maximum Gasteiger partial charge on any atom is 0.225 e. The lowest BCUT2D eigenvalue weighted by atomic mass is 10.1. The number of rotatable bonds is 5. The lowest BCUT2D eigenvalue weighted by Gasteiger charge is -2.06. The summed E-state index contributed by atoms with van der Waals surface area (Å²) in [7, 11) is 1.88. The number of pyridine rings is 1. The third-order valence-corrected chi connectivity index (χ3v) is 4.28. The number of aromatic nitrogens is 5. The molecule has 3 aromatic heterocycles. The van der Waals surface area contributed by atoms with Crippen molar-refractivity contribution in [1.29, 1.82) is 0 Å². The van der Waals surface area contributed by atoms with Crippen LogP contribution < -0.4 is 5.32 Å². The molecule has 0 radical (unpaired) electrons. The normalized spacial score (nSPS) is 10.9. The molecule has 7 nitrogen and oxygen atoms in total.